The highest BCUT2D eigenvalue weighted by molar-refractivity contribution is 6.41. The third kappa shape index (κ3) is 2.33. The van der Waals surface area contributed by atoms with Gasteiger partial charge < -0.3 is 5.73 Å². The van der Waals surface area contributed by atoms with Crippen LogP contribution in [0.5, 0.6) is 0 Å². The quantitative estimate of drug-likeness (QED) is 0.732. The van der Waals surface area contributed by atoms with E-state index in [9.17, 15) is 4.79 Å². The van der Waals surface area contributed by atoms with Crippen LogP contribution in [0.1, 0.15) is 0 Å². The molecule has 5 nitrogen and oxygen atoms in total. The molecule has 3 aromatic rings. The van der Waals surface area contributed by atoms with Gasteiger partial charge >= 0.3 is 6.03 Å². The molecule has 0 bridgehead atoms. The molecule has 0 aliphatic rings. The van der Waals surface area contributed by atoms with Gasteiger partial charge in [-0.15, -0.1) is 0 Å². The first-order chi connectivity index (χ1) is 9.99. The van der Waals surface area contributed by atoms with E-state index < -0.39 is 6.03 Å². The monoisotopic (exact) mass is 339 g/mol. The van der Waals surface area contributed by atoms with E-state index in [0.717, 1.165) is 0 Å². The summed E-state index contributed by atoms with van der Waals surface area (Å²) in [6.45, 7) is 0. The van der Waals surface area contributed by atoms with Gasteiger partial charge in [-0.2, -0.15) is 0 Å². The third-order valence-corrected chi connectivity index (χ3v) is 3.66. The van der Waals surface area contributed by atoms with Gasteiger partial charge in [0.05, 0.1) is 21.1 Å². The zero-order valence-corrected chi connectivity index (χ0v) is 12.5. The van der Waals surface area contributed by atoms with Crippen molar-refractivity contribution in [3.05, 3.63) is 45.7 Å². The second-order valence-electron chi connectivity index (χ2n) is 4.14. The lowest BCUT2D eigenvalue weighted by Gasteiger charge is -2.08. The number of hydrogen-bond acceptors (Lipinski definition) is 3. The lowest BCUT2D eigenvalue weighted by molar-refractivity contribution is 0.251. The van der Waals surface area contributed by atoms with Gasteiger partial charge in [0.25, 0.3) is 0 Å². The number of nitrogens with two attached hydrogens (primary N) is 1. The lowest BCUT2D eigenvalue weighted by Crippen LogP contribution is -2.20. The van der Waals surface area contributed by atoms with Crippen LogP contribution in [0.25, 0.3) is 22.4 Å². The molecule has 0 saturated carbocycles. The van der Waals surface area contributed by atoms with Crippen molar-refractivity contribution >= 4 is 51.9 Å². The summed E-state index contributed by atoms with van der Waals surface area (Å²) in [5.41, 5.74) is 6.65. The molecule has 0 aliphatic heterocycles. The summed E-state index contributed by atoms with van der Waals surface area (Å²) in [6, 6.07) is 3.91. The molecule has 105 valence electrons. The molecule has 0 saturated heterocycles. The van der Waals surface area contributed by atoms with Gasteiger partial charge in [-0.1, -0.05) is 34.8 Å². The first-order valence-corrected chi connectivity index (χ1v) is 6.82. The highest BCUT2D eigenvalue weighted by atomic mass is 35.5. The summed E-state index contributed by atoms with van der Waals surface area (Å²) < 4.78 is 1.20. The van der Waals surface area contributed by atoms with Gasteiger partial charge in [-0.05, 0) is 18.2 Å². The van der Waals surface area contributed by atoms with E-state index in [4.69, 9.17) is 40.5 Å². The Hall–Kier alpha value is -1.82. The van der Waals surface area contributed by atoms with Crippen molar-refractivity contribution in [3.8, 4) is 11.4 Å². The number of fused-ring (bicyclic) bond motifs is 1. The van der Waals surface area contributed by atoms with E-state index in [-0.39, 0.29) is 15.9 Å². The minimum absolute atomic E-state index is 0.216. The fourth-order valence-corrected chi connectivity index (χ4v) is 3.01. The van der Waals surface area contributed by atoms with Crippen molar-refractivity contribution in [2.45, 2.75) is 0 Å². The number of pyridine rings is 1. The molecule has 0 spiro atoms. The Balaban J connectivity index is 2.41. The minimum atomic E-state index is -0.714. The summed E-state index contributed by atoms with van der Waals surface area (Å²) >= 11 is 18.2. The molecule has 0 aliphatic carbocycles. The van der Waals surface area contributed by atoms with Crippen molar-refractivity contribution in [2.24, 2.45) is 5.73 Å². The van der Waals surface area contributed by atoms with Crippen LogP contribution < -0.4 is 5.73 Å². The van der Waals surface area contributed by atoms with Crippen LogP contribution in [-0.2, 0) is 0 Å². The average Bonchev–Trinajstić information content (AvgIpc) is 2.76. The fraction of sp³-hybridized carbons (Fsp3) is 0. The molecule has 1 aromatic carbocycles. The van der Waals surface area contributed by atoms with Gasteiger partial charge in [0.15, 0.2) is 5.82 Å². The number of imidazole rings is 1. The number of hydrogen-bond donors (Lipinski definition) is 1. The van der Waals surface area contributed by atoms with Crippen LogP contribution >= 0.6 is 34.8 Å². The zero-order chi connectivity index (χ0) is 15.1. The molecule has 8 heteroatoms. The number of rotatable bonds is 1. The molecule has 0 unspecified atom stereocenters. The SMILES string of the molecule is NC(=O)n1c(-c2c(Cl)cc(Cl)cc2Cl)nc2[c]nccc21. The van der Waals surface area contributed by atoms with Crippen LogP contribution in [0.2, 0.25) is 15.1 Å². The number of carbonyl (C=O) groups excluding carboxylic acids is 1. The first kappa shape index (κ1) is 14.1. The topological polar surface area (TPSA) is 73.8 Å². The molecule has 21 heavy (non-hydrogen) atoms. The molecule has 1 radical (unpaired) electrons. The minimum Gasteiger partial charge on any atom is -0.351 e. The second kappa shape index (κ2) is 5.18. The highest BCUT2D eigenvalue weighted by Crippen LogP contribution is 2.37. The third-order valence-electron chi connectivity index (χ3n) is 2.84. The smallest absolute Gasteiger partial charge is 0.325 e. The van der Waals surface area contributed by atoms with E-state index in [1.54, 1.807) is 6.07 Å². The fourth-order valence-electron chi connectivity index (χ4n) is 2.02. The Morgan fingerprint density at radius 2 is 1.90 bits per heavy atom. The Morgan fingerprint density at radius 1 is 1.24 bits per heavy atom. The summed E-state index contributed by atoms with van der Waals surface area (Å²) in [5.74, 6) is 0.216. The Labute approximate surface area is 134 Å². The zero-order valence-electron chi connectivity index (χ0n) is 10.3. The van der Waals surface area contributed by atoms with Crippen LogP contribution in [-0.4, -0.2) is 20.6 Å². The Kier molecular flexibility index (Phi) is 3.49. The van der Waals surface area contributed by atoms with Gasteiger partial charge in [0, 0.05) is 11.2 Å². The molecular weight excluding hydrogens is 335 g/mol. The van der Waals surface area contributed by atoms with Crippen molar-refractivity contribution in [1.82, 2.24) is 14.5 Å². The number of halogens is 3. The summed E-state index contributed by atoms with van der Waals surface area (Å²) in [5, 5.41) is 0.903. The Morgan fingerprint density at radius 3 is 2.52 bits per heavy atom. The molecule has 1 amide bonds. The van der Waals surface area contributed by atoms with Crippen molar-refractivity contribution in [1.29, 1.82) is 0 Å². The molecule has 2 aromatic heterocycles. The number of aromatic nitrogens is 3. The Bertz CT molecular complexity index is 852. The van der Waals surface area contributed by atoms with Crippen molar-refractivity contribution in [2.75, 3.05) is 0 Å². The first-order valence-electron chi connectivity index (χ1n) is 5.69. The average molecular weight is 341 g/mol. The molecule has 0 atom stereocenters. The van der Waals surface area contributed by atoms with Gasteiger partial charge in [-0.25, -0.2) is 14.3 Å². The maximum Gasteiger partial charge on any atom is 0.325 e. The molecular formula is C13H6Cl3N4O. The molecule has 2 N–H and O–H groups in total. The molecule has 0 fully saturated rings. The standard InChI is InChI=1S/C13H6Cl3N4O/c14-6-3-7(15)11(8(16)4-6)12-19-9-5-18-2-1-10(9)20(12)13(17)21/h1-4H,(H2,17,21). The summed E-state index contributed by atoms with van der Waals surface area (Å²) in [4.78, 5) is 19.9. The van der Waals surface area contributed by atoms with Crippen LogP contribution in [0, 0.1) is 6.20 Å². The second-order valence-corrected chi connectivity index (χ2v) is 5.39. The van der Waals surface area contributed by atoms with Crippen LogP contribution in [0.4, 0.5) is 4.79 Å². The number of nitrogens with zero attached hydrogens (tertiary/aromatic N) is 3. The van der Waals surface area contributed by atoms with E-state index in [1.165, 1.54) is 22.9 Å². The van der Waals surface area contributed by atoms with Crippen LogP contribution in [0.15, 0.2) is 24.4 Å². The molecule has 2 heterocycles. The summed E-state index contributed by atoms with van der Waals surface area (Å²) in [6.07, 6.45) is 4.17. The number of carbonyl (C=O) groups is 1. The van der Waals surface area contributed by atoms with E-state index in [2.05, 4.69) is 16.2 Å². The lowest BCUT2D eigenvalue weighted by atomic mass is 10.2. The van der Waals surface area contributed by atoms with Crippen LogP contribution in [0.3, 0.4) is 0 Å². The molecule has 3 rings (SSSR count). The van der Waals surface area contributed by atoms with E-state index in [1.807, 2.05) is 0 Å². The number of benzene rings is 1. The largest absolute Gasteiger partial charge is 0.351 e. The van der Waals surface area contributed by atoms with Gasteiger partial charge in [0.2, 0.25) is 0 Å². The van der Waals surface area contributed by atoms with Gasteiger partial charge in [-0.3, -0.25) is 4.98 Å². The van der Waals surface area contributed by atoms with Crippen molar-refractivity contribution in [3.63, 3.8) is 0 Å². The number of amides is 1. The predicted octanol–water partition coefficient (Wildman–Crippen LogP) is 3.79. The highest BCUT2D eigenvalue weighted by Gasteiger charge is 2.21. The predicted molar refractivity (Wildman–Crippen MR) is 81.8 cm³/mol. The van der Waals surface area contributed by atoms with Gasteiger partial charge in [0.1, 0.15) is 11.7 Å². The van der Waals surface area contributed by atoms with Crippen molar-refractivity contribution < 1.29 is 4.79 Å². The number of primary amides is 1. The van der Waals surface area contributed by atoms with E-state index >= 15 is 0 Å². The maximum absolute atomic E-state index is 11.8. The normalized spacial score (nSPS) is 11.0. The maximum atomic E-state index is 11.8. The van der Waals surface area contributed by atoms with E-state index in [0.29, 0.717) is 21.6 Å². The summed E-state index contributed by atoms with van der Waals surface area (Å²) in [7, 11) is 0.